The second-order valence-corrected chi connectivity index (χ2v) is 7.78. The van der Waals surface area contributed by atoms with Crippen LogP contribution in [0.5, 0.6) is 0 Å². The molecule has 0 fully saturated rings. The van der Waals surface area contributed by atoms with E-state index in [9.17, 15) is 4.79 Å². The summed E-state index contributed by atoms with van der Waals surface area (Å²) in [6.45, 7) is 2.23. The number of aryl methyl sites for hydroxylation is 1. The van der Waals surface area contributed by atoms with Crippen molar-refractivity contribution in [3.8, 4) is 0 Å². The number of ketones is 1. The maximum Gasteiger partial charge on any atom is 0.163 e. The van der Waals surface area contributed by atoms with E-state index in [1.54, 1.807) is 0 Å². The Morgan fingerprint density at radius 2 is 1.72 bits per heavy atom. The monoisotopic (exact) mass is 396 g/mol. The Hall–Kier alpha value is -1.67. The van der Waals surface area contributed by atoms with Crippen molar-refractivity contribution in [1.82, 2.24) is 0 Å². The lowest BCUT2D eigenvalue weighted by atomic mass is 9.81. The lowest BCUT2D eigenvalue weighted by Crippen LogP contribution is -2.15. The minimum Gasteiger partial charge on any atom is -0.294 e. The Morgan fingerprint density at radius 1 is 1.00 bits per heavy atom. The van der Waals surface area contributed by atoms with Crippen LogP contribution in [0, 0.1) is 0 Å². The zero-order valence-electron chi connectivity index (χ0n) is 14.8. The van der Waals surface area contributed by atoms with Gasteiger partial charge < -0.3 is 0 Å². The van der Waals surface area contributed by atoms with E-state index >= 15 is 0 Å². The number of hydrogen-bond acceptors (Lipinski definition) is 1. The number of hydrogen-bond donors (Lipinski definition) is 0. The van der Waals surface area contributed by atoms with E-state index in [-0.39, 0.29) is 11.7 Å². The standard InChI is InChI=1S/C23H25BrO/c1-2-3-4-5-17-6-8-18(9-7-17)20-12-15-22(23(25)16-20)19-10-13-21(24)14-11-19/h6-11,13-14,16,22H,2-5,12,15H2,1H3. The van der Waals surface area contributed by atoms with Gasteiger partial charge in [0, 0.05) is 10.4 Å². The highest BCUT2D eigenvalue weighted by atomic mass is 79.9. The van der Waals surface area contributed by atoms with Crippen molar-refractivity contribution in [1.29, 1.82) is 0 Å². The summed E-state index contributed by atoms with van der Waals surface area (Å²) in [6, 6.07) is 16.9. The maximum absolute atomic E-state index is 12.6. The lowest BCUT2D eigenvalue weighted by Gasteiger charge is -2.21. The van der Waals surface area contributed by atoms with Crippen LogP contribution >= 0.6 is 15.9 Å². The van der Waals surface area contributed by atoms with E-state index in [0.29, 0.717) is 0 Å². The molecular weight excluding hydrogens is 372 g/mol. The molecule has 3 rings (SSSR count). The van der Waals surface area contributed by atoms with Gasteiger partial charge in [-0.3, -0.25) is 4.79 Å². The zero-order chi connectivity index (χ0) is 17.6. The third-order valence-corrected chi connectivity index (χ3v) is 5.56. The summed E-state index contributed by atoms with van der Waals surface area (Å²) in [4.78, 5) is 12.6. The molecule has 2 aromatic carbocycles. The van der Waals surface area contributed by atoms with Crippen molar-refractivity contribution in [2.45, 2.75) is 51.4 Å². The Bertz CT molecular complexity index is 741. The summed E-state index contributed by atoms with van der Waals surface area (Å²) in [6.07, 6.45) is 8.67. The first kappa shape index (κ1) is 18.1. The molecule has 1 atom stereocenters. The molecule has 0 amide bonds. The van der Waals surface area contributed by atoms with Crippen LogP contribution in [0.3, 0.4) is 0 Å². The number of allylic oxidation sites excluding steroid dienone is 2. The van der Waals surface area contributed by atoms with Crippen LogP contribution in [0.1, 0.15) is 61.6 Å². The summed E-state index contributed by atoms with van der Waals surface area (Å²) in [5, 5.41) is 0. The van der Waals surface area contributed by atoms with E-state index < -0.39 is 0 Å². The van der Waals surface area contributed by atoms with E-state index in [2.05, 4.69) is 59.3 Å². The normalized spacial score (nSPS) is 17.4. The number of carbonyl (C=O) groups is 1. The largest absolute Gasteiger partial charge is 0.294 e. The Morgan fingerprint density at radius 3 is 2.36 bits per heavy atom. The average Bonchev–Trinajstić information content (AvgIpc) is 2.63. The maximum atomic E-state index is 12.6. The second kappa shape index (κ2) is 8.62. The van der Waals surface area contributed by atoms with Gasteiger partial charge in [-0.2, -0.15) is 0 Å². The summed E-state index contributed by atoms with van der Waals surface area (Å²) >= 11 is 3.45. The fourth-order valence-electron chi connectivity index (χ4n) is 3.50. The molecule has 0 saturated carbocycles. The summed E-state index contributed by atoms with van der Waals surface area (Å²) in [5.74, 6) is 0.237. The highest BCUT2D eigenvalue weighted by molar-refractivity contribution is 9.10. The molecule has 0 aliphatic heterocycles. The van der Waals surface area contributed by atoms with Crippen molar-refractivity contribution >= 4 is 27.3 Å². The molecule has 0 saturated heterocycles. The molecule has 2 aromatic rings. The highest BCUT2D eigenvalue weighted by Gasteiger charge is 2.24. The first-order chi connectivity index (χ1) is 12.2. The van der Waals surface area contributed by atoms with Crippen LogP contribution in [-0.4, -0.2) is 5.78 Å². The molecule has 0 bridgehead atoms. The SMILES string of the molecule is CCCCCc1ccc(C2=CC(=O)C(c3ccc(Br)cc3)CC2)cc1. The number of benzene rings is 2. The third-order valence-electron chi connectivity index (χ3n) is 5.03. The summed E-state index contributed by atoms with van der Waals surface area (Å²) < 4.78 is 1.05. The zero-order valence-corrected chi connectivity index (χ0v) is 16.4. The molecule has 0 N–H and O–H groups in total. The van der Waals surface area contributed by atoms with E-state index in [4.69, 9.17) is 0 Å². The Balaban J connectivity index is 1.69. The van der Waals surface area contributed by atoms with Gasteiger partial charge in [0.25, 0.3) is 0 Å². The van der Waals surface area contributed by atoms with Crippen LogP contribution in [0.15, 0.2) is 59.1 Å². The first-order valence-electron chi connectivity index (χ1n) is 9.26. The van der Waals surface area contributed by atoms with Crippen molar-refractivity contribution in [3.05, 3.63) is 75.8 Å². The molecule has 2 heteroatoms. The van der Waals surface area contributed by atoms with E-state index in [1.807, 2.05) is 18.2 Å². The van der Waals surface area contributed by atoms with Gasteiger partial charge in [0.05, 0.1) is 0 Å². The van der Waals surface area contributed by atoms with Gasteiger partial charge in [0.15, 0.2) is 5.78 Å². The third kappa shape index (κ3) is 4.70. The van der Waals surface area contributed by atoms with Crippen molar-refractivity contribution in [3.63, 3.8) is 0 Å². The molecule has 130 valence electrons. The Kier molecular flexibility index (Phi) is 6.25. The van der Waals surface area contributed by atoms with Crippen LogP contribution in [0.25, 0.3) is 5.57 Å². The predicted octanol–water partition coefficient (Wildman–Crippen LogP) is 6.71. The molecule has 0 radical (unpaired) electrons. The first-order valence-corrected chi connectivity index (χ1v) is 10.1. The number of unbranched alkanes of at least 4 members (excludes halogenated alkanes) is 2. The summed E-state index contributed by atoms with van der Waals surface area (Å²) in [7, 11) is 0. The average molecular weight is 397 g/mol. The van der Waals surface area contributed by atoms with Crippen molar-refractivity contribution in [2.24, 2.45) is 0 Å². The van der Waals surface area contributed by atoms with Gasteiger partial charge in [-0.05, 0) is 66.2 Å². The molecule has 0 aromatic heterocycles. The van der Waals surface area contributed by atoms with Crippen molar-refractivity contribution in [2.75, 3.05) is 0 Å². The van der Waals surface area contributed by atoms with E-state index in [1.165, 1.54) is 36.0 Å². The van der Waals surface area contributed by atoms with Crippen LogP contribution < -0.4 is 0 Å². The summed E-state index contributed by atoms with van der Waals surface area (Å²) in [5.41, 5.74) is 4.89. The van der Waals surface area contributed by atoms with Gasteiger partial charge in [-0.15, -0.1) is 0 Å². The molecule has 0 spiro atoms. The fraction of sp³-hybridized carbons (Fsp3) is 0.348. The van der Waals surface area contributed by atoms with Gasteiger partial charge >= 0.3 is 0 Å². The van der Waals surface area contributed by atoms with Crippen LogP contribution in [-0.2, 0) is 11.2 Å². The van der Waals surface area contributed by atoms with Crippen LogP contribution in [0.4, 0.5) is 0 Å². The fourth-order valence-corrected chi connectivity index (χ4v) is 3.77. The number of carbonyl (C=O) groups excluding carboxylic acids is 1. The topological polar surface area (TPSA) is 17.1 Å². The van der Waals surface area contributed by atoms with Crippen molar-refractivity contribution < 1.29 is 4.79 Å². The number of halogens is 1. The van der Waals surface area contributed by atoms with E-state index in [0.717, 1.165) is 29.3 Å². The smallest absolute Gasteiger partial charge is 0.163 e. The molecule has 1 aliphatic rings. The molecule has 1 unspecified atom stereocenters. The van der Waals surface area contributed by atoms with Crippen LogP contribution in [0.2, 0.25) is 0 Å². The minimum absolute atomic E-state index is 0.00478. The quantitative estimate of drug-likeness (QED) is 0.495. The minimum atomic E-state index is 0.00478. The Labute approximate surface area is 159 Å². The molecule has 1 nitrogen and oxygen atoms in total. The lowest BCUT2D eigenvalue weighted by molar-refractivity contribution is -0.116. The van der Waals surface area contributed by atoms with Gasteiger partial charge in [-0.1, -0.05) is 72.1 Å². The molecular formula is C23H25BrO. The highest BCUT2D eigenvalue weighted by Crippen LogP contribution is 2.34. The molecule has 0 heterocycles. The van der Waals surface area contributed by atoms with Gasteiger partial charge in [0.1, 0.15) is 0 Å². The van der Waals surface area contributed by atoms with Gasteiger partial charge in [-0.25, -0.2) is 0 Å². The predicted molar refractivity (Wildman–Crippen MR) is 109 cm³/mol. The second-order valence-electron chi connectivity index (χ2n) is 6.87. The molecule has 1 aliphatic carbocycles. The molecule has 25 heavy (non-hydrogen) atoms. The number of rotatable bonds is 6. The van der Waals surface area contributed by atoms with Gasteiger partial charge in [0.2, 0.25) is 0 Å².